The zero-order chi connectivity index (χ0) is 14.5. The van der Waals surface area contributed by atoms with E-state index in [-0.39, 0.29) is 11.9 Å². The molecule has 0 bridgehead atoms. The van der Waals surface area contributed by atoms with Crippen LogP contribution in [0.1, 0.15) is 35.8 Å². The molecule has 2 N–H and O–H groups in total. The highest BCUT2D eigenvalue weighted by Gasteiger charge is 2.13. The van der Waals surface area contributed by atoms with E-state index in [1.54, 1.807) is 12.1 Å². The summed E-state index contributed by atoms with van der Waals surface area (Å²) in [5.41, 5.74) is 2.60. The Hall–Kier alpha value is -1.71. The van der Waals surface area contributed by atoms with Crippen LogP contribution in [0.25, 0.3) is 0 Å². The maximum atomic E-state index is 13.6. The number of aryl methyl sites for hydroxylation is 1. The van der Waals surface area contributed by atoms with Crippen LogP contribution in [-0.2, 0) is 0 Å². The van der Waals surface area contributed by atoms with E-state index in [1.807, 2.05) is 44.2 Å². The quantitative estimate of drug-likeness (QED) is 0.873. The van der Waals surface area contributed by atoms with E-state index >= 15 is 0 Å². The fourth-order valence-corrected chi connectivity index (χ4v) is 2.22. The number of aliphatic hydroxyl groups excluding tert-OH is 1. The highest BCUT2D eigenvalue weighted by atomic mass is 19.1. The first kappa shape index (κ1) is 14.7. The van der Waals surface area contributed by atoms with Crippen molar-refractivity contribution in [3.8, 4) is 0 Å². The molecule has 2 atom stereocenters. The molecule has 0 saturated heterocycles. The maximum Gasteiger partial charge on any atom is 0.127 e. The SMILES string of the molecule is Cc1cccc(C(O)CNC(C)c2ccccc2F)c1. The van der Waals surface area contributed by atoms with E-state index in [0.717, 1.165) is 11.1 Å². The zero-order valence-electron chi connectivity index (χ0n) is 11.8. The van der Waals surface area contributed by atoms with Crippen LogP contribution in [0.15, 0.2) is 48.5 Å². The maximum absolute atomic E-state index is 13.6. The summed E-state index contributed by atoms with van der Waals surface area (Å²) in [4.78, 5) is 0. The van der Waals surface area contributed by atoms with Gasteiger partial charge in [0.05, 0.1) is 6.10 Å². The molecule has 20 heavy (non-hydrogen) atoms. The molecule has 0 aliphatic carbocycles. The van der Waals surface area contributed by atoms with E-state index in [2.05, 4.69) is 5.32 Å². The predicted octanol–water partition coefficient (Wildman–Crippen LogP) is 3.52. The number of aliphatic hydroxyl groups is 1. The monoisotopic (exact) mass is 273 g/mol. The van der Waals surface area contributed by atoms with Crippen molar-refractivity contribution in [1.29, 1.82) is 0 Å². The first-order valence-electron chi connectivity index (χ1n) is 6.80. The molecule has 0 spiro atoms. The van der Waals surface area contributed by atoms with E-state index in [4.69, 9.17) is 0 Å². The van der Waals surface area contributed by atoms with Gasteiger partial charge in [-0.2, -0.15) is 0 Å². The van der Waals surface area contributed by atoms with E-state index < -0.39 is 6.10 Å². The Morgan fingerprint density at radius 2 is 1.90 bits per heavy atom. The van der Waals surface area contributed by atoms with E-state index in [1.165, 1.54) is 6.07 Å². The van der Waals surface area contributed by atoms with Gasteiger partial charge in [0.1, 0.15) is 5.82 Å². The second kappa shape index (κ2) is 6.64. The summed E-state index contributed by atoms with van der Waals surface area (Å²) in [6, 6.07) is 14.3. The second-order valence-corrected chi connectivity index (χ2v) is 5.08. The molecule has 3 heteroatoms. The molecule has 2 unspecified atom stereocenters. The fourth-order valence-electron chi connectivity index (χ4n) is 2.22. The summed E-state index contributed by atoms with van der Waals surface area (Å²) < 4.78 is 13.6. The summed E-state index contributed by atoms with van der Waals surface area (Å²) in [6.45, 7) is 4.27. The largest absolute Gasteiger partial charge is 0.387 e. The third-order valence-corrected chi connectivity index (χ3v) is 3.42. The van der Waals surface area contributed by atoms with Crippen LogP contribution in [-0.4, -0.2) is 11.7 Å². The summed E-state index contributed by atoms with van der Waals surface area (Å²) in [6.07, 6.45) is -0.593. The third-order valence-electron chi connectivity index (χ3n) is 3.42. The van der Waals surface area contributed by atoms with Crippen LogP contribution >= 0.6 is 0 Å². The number of nitrogens with one attached hydrogen (secondary N) is 1. The van der Waals surface area contributed by atoms with Crippen molar-refractivity contribution in [1.82, 2.24) is 5.32 Å². The highest BCUT2D eigenvalue weighted by molar-refractivity contribution is 5.24. The standard InChI is InChI=1S/C17H20FNO/c1-12-6-5-7-14(10-12)17(20)11-19-13(2)15-8-3-4-9-16(15)18/h3-10,13,17,19-20H,11H2,1-2H3. The molecule has 2 aromatic rings. The molecule has 106 valence electrons. The van der Waals surface area contributed by atoms with Crippen LogP contribution in [0.4, 0.5) is 4.39 Å². The summed E-state index contributed by atoms with van der Waals surface area (Å²) in [7, 11) is 0. The molecule has 0 aromatic heterocycles. The van der Waals surface area contributed by atoms with Crippen molar-refractivity contribution in [3.05, 3.63) is 71.0 Å². The molecule has 0 saturated carbocycles. The van der Waals surface area contributed by atoms with Crippen LogP contribution in [0.2, 0.25) is 0 Å². The Morgan fingerprint density at radius 3 is 2.60 bits per heavy atom. The van der Waals surface area contributed by atoms with Gasteiger partial charge >= 0.3 is 0 Å². The number of hydrogen-bond acceptors (Lipinski definition) is 2. The Kier molecular flexibility index (Phi) is 4.88. The molecule has 0 heterocycles. The molecule has 2 nitrogen and oxygen atoms in total. The van der Waals surface area contributed by atoms with Crippen molar-refractivity contribution < 1.29 is 9.50 Å². The van der Waals surface area contributed by atoms with Gasteiger partial charge in [-0.3, -0.25) is 0 Å². The zero-order valence-corrected chi connectivity index (χ0v) is 11.8. The lowest BCUT2D eigenvalue weighted by molar-refractivity contribution is 0.170. The van der Waals surface area contributed by atoms with Gasteiger partial charge in [0.15, 0.2) is 0 Å². The third kappa shape index (κ3) is 3.65. The first-order chi connectivity index (χ1) is 9.58. The summed E-state index contributed by atoms with van der Waals surface area (Å²) >= 11 is 0. The van der Waals surface area contributed by atoms with Gasteiger partial charge in [-0.05, 0) is 25.5 Å². The van der Waals surface area contributed by atoms with Crippen LogP contribution in [0, 0.1) is 12.7 Å². The topological polar surface area (TPSA) is 32.3 Å². The van der Waals surface area contributed by atoms with Crippen molar-refractivity contribution >= 4 is 0 Å². The number of halogens is 1. The van der Waals surface area contributed by atoms with Crippen LogP contribution < -0.4 is 5.32 Å². The predicted molar refractivity (Wildman–Crippen MR) is 79.0 cm³/mol. The minimum atomic E-state index is -0.593. The normalized spacial score (nSPS) is 14.0. The van der Waals surface area contributed by atoms with Crippen LogP contribution in [0.5, 0.6) is 0 Å². The Labute approximate surface area is 119 Å². The van der Waals surface area contributed by atoms with E-state index in [0.29, 0.717) is 12.1 Å². The first-order valence-corrected chi connectivity index (χ1v) is 6.80. The van der Waals surface area contributed by atoms with Gasteiger partial charge in [0.2, 0.25) is 0 Å². The van der Waals surface area contributed by atoms with E-state index in [9.17, 15) is 9.50 Å². The number of benzene rings is 2. The van der Waals surface area contributed by atoms with Crippen LogP contribution in [0.3, 0.4) is 0 Å². The Bertz CT molecular complexity index is 570. The molecule has 2 rings (SSSR count). The van der Waals surface area contributed by atoms with Crippen molar-refractivity contribution in [3.63, 3.8) is 0 Å². The van der Waals surface area contributed by atoms with Crippen molar-refractivity contribution in [2.75, 3.05) is 6.54 Å². The Morgan fingerprint density at radius 1 is 1.15 bits per heavy atom. The molecular formula is C17H20FNO. The van der Waals surface area contributed by atoms with Crippen molar-refractivity contribution in [2.24, 2.45) is 0 Å². The smallest absolute Gasteiger partial charge is 0.127 e. The lowest BCUT2D eigenvalue weighted by atomic mass is 10.0. The molecule has 0 radical (unpaired) electrons. The lowest BCUT2D eigenvalue weighted by Gasteiger charge is -2.18. The number of rotatable bonds is 5. The summed E-state index contributed by atoms with van der Waals surface area (Å²) in [5.74, 6) is -0.224. The molecule has 2 aromatic carbocycles. The summed E-state index contributed by atoms with van der Waals surface area (Å²) in [5, 5.41) is 13.3. The van der Waals surface area contributed by atoms with Gasteiger partial charge in [0.25, 0.3) is 0 Å². The molecule has 0 aliphatic rings. The van der Waals surface area contributed by atoms with Gasteiger partial charge in [-0.25, -0.2) is 4.39 Å². The molecule has 0 fully saturated rings. The van der Waals surface area contributed by atoms with Gasteiger partial charge in [-0.15, -0.1) is 0 Å². The van der Waals surface area contributed by atoms with Gasteiger partial charge < -0.3 is 10.4 Å². The highest BCUT2D eigenvalue weighted by Crippen LogP contribution is 2.18. The molecule has 0 aliphatic heterocycles. The van der Waals surface area contributed by atoms with Crippen molar-refractivity contribution in [2.45, 2.75) is 26.0 Å². The fraction of sp³-hybridized carbons (Fsp3) is 0.294. The second-order valence-electron chi connectivity index (χ2n) is 5.08. The molecular weight excluding hydrogens is 253 g/mol. The number of hydrogen-bond donors (Lipinski definition) is 2. The average molecular weight is 273 g/mol. The van der Waals surface area contributed by atoms with Gasteiger partial charge in [0, 0.05) is 18.2 Å². The Balaban J connectivity index is 1.97. The lowest BCUT2D eigenvalue weighted by Crippen LogP contribution is -2.25. The minimum absolute atomic E-state index is 0.143. The average Bonchev–Trinajstić information content (AvgIpc) is 2.45. The molecule has 0 amide bonds. The van der Waals surface area contributed by atoms with Gasteiger partial charge in [-0.1, -0.05) is 48.0 Å². The minimum Gasteiger partial charge on any atom is -0.387 e.